The van der Waals surface area contributed by atoms with Gasteiger partial charge >= 0.3 is 11.9 Å². The number of carbonyl (C=O) groups is 2. The van der Waals surface area contributed by atoms with Crippen LogP contribution in [0.15, 0.2) is 12.1 Å². The molecule has 1 aromatic rings. The summed E-state index contributed by atoms with van der Waals surface area (Å²) in [5.74, 6) is -1.66. The molecule has 0 aliphatic carbocycles. The molecular formula is C17H24N2O5. The number of piperazine rings is 1. The van der Waals surface area contributed by atoms with Gasteiger partial charge in [0.05, 0.1) is 23.4 Å². The van der Waals surface area contributed by atoms with Crippen molar-refractivity contribution in [3.63, 3.8) is 0 Å². The number of aliphatic hydroxyl groups excluding tert-OH is 1. The molecular weight excluding hydrogens is 312 g/mol. The molecule has 3 N–H and O–H groups in total. The molecule has 0 unspecified atom stereocenters. The van der Waals surface area contributed by atoms with Gasteiger partial charge in [-0.25, -0.2) is 9.59 Å². The minimum absolute atomic E-state index is 0.00154. The first-order valence-electron chi connectivity index (χ1n) is 7.93. The largest absolute Gasteiger partial charge is 0.478 e. The van der Waals surface area contributed by atoms with E-state index >= 15 is 0 Å². The molecule has 0 amide bonds. The average Bonchev–Trinajstić information content (AvgIpc) is 2.52. The molecule has 1 aliphatic heterocycles. The normalized spacial score (nSPS) is 15.2. The van der Waals surface area contributed by atoms with Crippen molar-refractivity contribution >= 4 is 17.6 Å². The highest BCUT2D eigenvalue weighted by atomic mass is 16.6. The van der Waals surface area contributed by atoms with Gasteiger partial charge in [-0.15, -0.1) is 0 Å². The van der Waals surface area contributed by atoms with Crippen LogP contribution in [0.5, 0.6) is 0 Å². The van der Waals surface area contributed by atoms with Crippen molar-refractivity contribution < 1.29 is 24.5 Å². The molecule has 132 valence electrons. The van der Waals surface area contributed by atoms with Gasteiger partial charge in [0.2, 0.25) is 0 Å². The summed E-state index contributed by atoms with van der Waals surface area (Å²) in [6, 6.07) is 2.81. The highest BCUT2D eigenvalue weighted by Gasteiger charge is 2.28. The number of esters is 1. The second-order valence-corrected chi connectivity index (χ2v) is 6.69. The maximum absolute atomic E-state index is 12.6. The molecule has 2 rings (SSSR count). The number of carbonyl (C=O) groups excluding carboxylic acids is 1. The molecule has 0 bridgehead atoms. The third kappa shape index (κ3) is 4.04. The summed E-state index contributed by atoms with van der Waals surface area (Å²) in [5, 5.41) is 22.3. The maximum atomic E-state index is 12.6. The average molecular weight is 336 g/mol. The molecule has 0 atom stereocenters. The Morgan fingerprint density at radius 1 is 1.21 bits per heavy atom. The van der Waals surface area contributed by atoms with E-state index in [0.717, 1.165) is 13.1 Å². The van der Waals surface area contributed by atoms with Gasteiger partial charge in [-0.2, -0.15) is 0 Å². The van der Waals surface area contributed by atoms with Gasteiger partial charge in [0.15, 0.2) is 0 Å². The molecule has 7 heteroatoms. The molecule has 24 heavy (non-hydrogen) atoms. The van der Waals surface area contributed by atoms with E-state index in [0.29, 0.717) is 18.8 Å². The molecule has 1 saturated heterocycles. The van der Waals surface area contributed by atoms with Gasteiger partial charge in [-0.05, 0) is 32.9 Å². The Balaban J connectivity index is 2.56. The predicted molar refractivity (Wildman–Crippen MR) is 89.6 cm³/mol. The zero-order valence-corrected chi connectivity index (χ0v) is 14.3. The quantitative estimate of drug-likeness (QED) is 0.712. The van der Waals surface area contributed by atoms with Crippen molar-refractivity contribution in [3.8, 4) is 0 Å². The number of anilines is 1. The summed E-state index contributed by atoms with van der Waals surface area (Å²) in [4.78, 5) is 26.0. The van der Waals surface area contributed by atoms with Gasteiger partial charge in [0.1, 0.15) is 5.60 Å². The van der Waals surface area contributed by atoms with Crippen LogP contribution >= 0.6 is 0 Å². The zero-order valence-electron chi connectivity index (χ0n) is 14.3. The summed E-state index contributed by atoms with van der Waals surface area (Å²) in [6.45, 7) is 7.52. The summed E-state index contributed by atoms with van der Waals surface area (Å²) in [6.07, 6.45) is 0. The number of hydrogen-bond acceptors (Lipinski definition) is 6. The van der Waals surface area contributed by atoms with Gasteiger partial charge in [-0.3, -0.25) is 0 Å². The lowest BCUT2D eigenvalue weighted by Gasteiger charge is -2.33. The Bertz CT molecular complexity index is 631. The first-order valence-corrected chi connectivity index (χ1v) is 7.93. The molecule has 1 aliphatic rings. The van der Waals surface area contributed by atoms with Crippen molar-refractivity contribution in [2.24, 2.45) is 0 Å². The van der Waals surface area contributed by atoms with E-state index in [2.05, 4.69) is 5.32 Å². The van der Waals surface area contributed by atoms with Gasteiger partial charge in [0.25, 0.3) is 0 Å². The van der Waals surface area contributed by atoms with E-state index < -0.39 is 24.1 Å². The number of benzene rings is 1. The molecule has 0 radical (unpaired) electrons. The van der Waals surface area contributed by atoms with Crippen LogP contribution < -0.4 is 10.2 Å². The molecule has 0 spiro atoms. The van der Waals surface area contributed by atoms with Crippen LogP contribution in [0, 0.1) is 0 Å². The number of carboxylic acid groups (broad SMARTS) is 1. The first-order chi connectivity index (χ1) is 11.2. The van der Waals surface area contributed by atoms with Crippen LogP contribution in [0.3, 0.4) is 0 Å². The summed E-state index contributed by atoms with van der Waals surface area (Å²) >= 11 is 0. The van der Waals surface area contributed by atoms with Gasteiger partial charge in [0, 0.05) is 31.7 Å². The number of aliphatic hydroxyl groups is 1. The number of ether oxygens (including phenoxy) is 1. The Hall–Kier alpha value is -2.12. The van der Waals surface area contributed by atoms with Crippen LogP contribution in [-0.4, -0.2) is 53.9 Å². The lowest BCUT2D eigenvalue weighted by atomic mass is 9.99. The van der Waals surface area contributed by atoms with Crippen LogP contribution in [0.4, 0.5) is 5.69 Å². The standard InChI is InChI=1S/C17H24N2O5/c1-17(2,3)24-16(23)12-5-4-11(15(21)22)13(10-20)14(12)19-8-6-18-7-9-19/h4-5,18,20H,6-10H2,1-3H3,(H,21,22). The Kier molecular flexibility index (Phi) is 5.46. The highest BCUT2D eigenvalue weighted by molar-refractivity contribution is 6.01. The van der Waals surface area contributed by atoms with E-state index in [1.165, 1.54) is 12.1 Å². The maximum Gasteiger partial charge on any atom is 0.340 e. The van der Waals surface area contributed by atoms with Gasteiger partial charge < -0.3 is 25.2 Å². The predicted octanol–water partition coefficient (Wildman–Crippen LogP) is 1.24. The Labute approximate surface area is 141 Å². The monoisotopic (exact) mass is 336 g/mol. The molecule has 0 saturated carbocycles. The van der Waals surface area contributed by atoms with E-state index in [1.54, 1.807) is 20.8 Å². The fraction of sp³-hybridized carbons (Fsp3) is 0.529. The molecule has 1 heterocycles. The lowest BCUT2D eigenvalue weighted by Crippen LogP contribution is -2.44. The van der Waals surface area contributed by atoms with Crippen molar-refractivity contribution in [2.75, 3.05) is 31.1 Å². The SMILES string of the molecule is CC(C)(C)OC(=O)c1ccc(C(=O)O)c(CO)c1N1CCNCC1. The first kappa shape index (κ1) is 18.2. The van der Waals surface area contributed by atoms with E-state index in [1.807, 2.05) is 4.90 Å². The highest BCUT2D eigenvalue weighted by Crippen LogP contribution is 2.31. The van der Waals surface area contributed by atoms with Crippen LogP contribution in [0.1, 0.15) is 47.1 Å². The van der Waals surface area contributed by atoms with E-state index in [4.69, 9.17) is 4.74 Å². The lowest BCUT2D eigenvalue weighted by molar-refractivity contribution is 0.00696. The van der Waals surface area contributed by atoms with Crippen molar-refractivity contribution in [3.05, 3.63) is 28.8 Å². The molecule has 0 aromatic heterocycles. The third-order valence-corrected chi connectivity index (χ3v) is 3.72. The second kappa shape index (κ2) is 7.19. The number of rotatable bonds is 4. The minimum Gasteiger partial charge on any atom is -0.478 e. The number of nitrogens with zero attached hydrogens (tertiary/aromatic N) is 1. The number of hydrogen-bond donors (Lipinski definition) is 3. The smallest absolute Gasteiger partial charge is 0.340 e. The topological polar surface area (TPSA) is 99.1 Å². The van der Waals surface area contributed by atoms with Gasteiger partial charge in [-0.1, -0.05) is 0 Å². The number of carboxylic acids is 1. The third-order valence-electron chi connectivity index (χ3n) is 3.72. The van der Waals surface area contributed by atoms with Crippen LogP contribution in [0.2, 0.25) is 0 Å². The number of nitrogens with one attached hydrogen (secondary N) is 1. The summed E-state index contributed by atoms with van der Waals surface area (Å²) in [5.41, 5.74) is 0.308. The molecule has 1 aromatic carbocycles. The zero-order chi connectivity index (χ0) is 17.9. The Morgan fingerprint density at radius 3 is 2.29 bits per heavy atom. The fourth-order valence-electron chi connectivity index (χ4n) is 2.74. The van der Waals surface area contributed by atoms with E-state index in [-0.39, 0.29) is 16.7 Å². The van der Waals surface area contributed by atoms with Crippen molar-refractivity contribution in [1.82, 2.24) is 5.32 Å². The second-order valence-electron chi connectivity index (χ2n) is 6.69. The number of aromatic carboxylic acids is 1. The van der Waals surface area contributed by atoms with E-state index in [9.17, 15) is 19.8 Å². The fourth-order valence-corrected chi connectivity index (χ4v) is 2.74. The molecule has 7 nitrogen and oxygen atoms in total. The minimum atomic E-state index is -1.13. The summed E-state index contributed by atoms with van der Waals surface area (Å²) < 4.78 is 5.44. The summed E-state index contributed by atoms with van der Waals surface area (Å²) in [7, 11) is 0. The Morgan fingerprint density at radius 2 is 1.79 bits per heavy atom. The van der Waals surface area contributed by atoms with Crippen molar-refractivity contribution in [2.45, 2.75) is 33.0 Å². The van der Waals surface area contributed by atoms with Crippen LogP contribution in [-0.2, 0) is 11.3 Å². The van der Waals surface area contributed by atoms with Crippen LogP contribution in [0.25, 0.3) is 0 Å². The molecule has 1 fully saturated rings. The van der Waals surface area contributed by atoms with Crippen molar-refractivity contribution in [1.29, 1.82) is 0 Å².